The van der Waals surface area contributed by atoms with Gasteiger partial charge in [-0.05, 0) is 18.2 Å². The Hall–Kier alpha value is -1.15. The lowest BCUT2D eigenvalue weighted by Crippen LogP contribution is -2.55. The van der Waals surface area contributed by atoms with E-state index in [1.54, 1.807) is 22.5 Å². The molecule has 0 radical (unpaired) electrons. The van der Waals surface area contributed by atoms with Crippen LogP contribution in [-0.4, -0.2) is 65.3 Å². The van der Waals surface area contributed by atoms with E-state index in [1.165, 1.54) is 0 Å². The summed E-state index contributed by atoms with van der Waals surface area (Å²) in [4.78, 5) is 2.24. The second-order valence-electron chi connectivity index (χ2n) is 6.37. The van der Waals surface area contributed by atoms with Crippen molar-refractivity contribution in [3.05, 3.63) is 24.3 Å². The van der Waals surface area contributed by atoms with Gasteiger partial charge in [-0.2, -0.15) is 4.31 Å². The van der Waals surface area contributed by atoms with E-state index in [0.717, 1.165) is 18.5 Å². The van der Waals surface area contributed by atoms with Crippen LogP contribution >= 0.6 is 0 Å². The normalized spacial score (nSPS) is 22.2. The van der Waals surface area contributed by atoms with Crippen molar-refractivity contribution in [3.8, 4) is 0 Å². The molecular weight excluding hydrogens is 316 g/mol. The highest BCUT2D eigenvalue weighted by Gasteiger charge is 2.42. The van der Waals surface area contributed by atoms with E-state index in [4.69, 9.17) is 9.47 Å². The van der Waals surface area contributed by atoms with E-state index in [1.807, 2.05) is 25.1 Å². The molecule has 0 saturated carbocycles. The lowest BCUT2D eigenvalue weighted by Gasteiger charge is -2.44. The Kier molecular flexibility index (Phi) is 4.64. The number of nitrogens with zero attached hydrogens (tertiary/aromatic N) is 2. The lowest BCUT2D eigenvalue weighted by atomic mass is 9.93. The van der Waals surface area contributed by atoms with Gasteiger partial charge in [-0.25, -0.2) is 8.42 Å². The SMILES string of the molecule is CN(C)c1cccc(S(=O)(=O)N2CCOC3(CCOCC3)C2)c1. The minimum atomic E-state index is -3.51. The van der Waals surface area contributed by atoms with Gasteiger partial charge in [0.15, 0.2) is 0 Å². The van der Waals surface area contributed by atoms with Crippen LogP contribution in [0.3, 0.4) is 0 Å². The highest BCUT2D eigenvalue weighted by atomic mass is 32.2. The van der Waals surface area contributed by atoms with Gasteiger partial charge in [0.25, 0.3) is 0 Å². The van der Waals surface area contributed by atoms with Gasteiger partial charge in [-0.3, -0.25) is 0 Å². The number of sulfonamides is 1. The smallest absolute Gasteiger partial charge is 0.243 e. The van der Waals surface area contributed by atoms with Crippen molar-refractivity contribution < 1.29 is 17.9 Å². The Morgan fingerprint density at radius 2 is 1.91 bits per heavy atom. The number of anilines is 1. The number of rotatable bonds is 3. The number of ether oxygens (including phenoxy) is 2. The Morgan fingerprint density at radius 1 is 1.17 bits per heavy atom. The van der Waals surface area contributed by atoms with Crippen LogP contribution in [0.4, 0.5) is 5.69 Å². The van der Waals surface area contributed by atoms with Gasteiger partial charge < -0.3 is 14.4 Å². The summed E-state index contributed by atoms with van der Waals surface area (Å²) in [6.45, 7) is 2.50. The topological polar surface area (TPSA) is 59.1 Å². The highest BCUT2D eigenvalue weighted by molar-refractivity contribution is 7.89. The molecule has 1 aromatic rings. The molecule has 2 aliphatic rings. The van der Waals surface area contributed by atoms with E-state index < -0.39 is 10.0 Å². The third-order valence-corrected chi connectivity index (χ3v) is 6.43. The molecule has 0 amide bonds. The maximum atomic E-state index is 13.0. The fourth-order valence-corrected chi connectivity index (χ4v) is 4.67. The van der Waals surface area contributed by atoms with Crippen molar-refractivity contribution in [2.75, 3.05) is 51.9 Å². The van der Waals surface area contributed by atoms with Gasteiger partial charge >= 0.3 is 0 Å². The van der Waals surface area contributed by atoms with Crippen molar-refractivity contribution in [2.45, 2.75) is 23.3 Å². The first-order chi connectivity index (χ1) is 10.9. The molecule has 0 aromatic heterocycles. The molecule has 0 atom stereocenters. The van der Waals surface area contributed by atoms with Crippen molar-refractivity contribution in [2.24, 2.45) is 0 Å². The Balaban J connectivity index is 1.85. The third-order valence-electron chi connectivity index (χ3n) is 4.59. The van der Waals surface area contributed by atoms with Crippen LogP contribution in [0.5, 0.6) is 0 Å². The number of morpholine rings is 1. The molecule has 1 aromatic carbocycles. The number of hydrogen-bond acceptors (Lipinski definition) is 5. The van der Waals surface area contributed by atoms with Crippen LogP contribution < -0.4 is 4.90 Å². The van der Waals surface area contributed by atoms with Crippen molar-refractivity contribution in [1.29, 1.82) is 0 Å². The summed E-state index contributed by atoms with van der Waals surface area (Å²) in [5, 5.41) is 0. The monoisotopic (exact) mass is 340 g/mol. The molecule has 0 unspecified atom stereocenters. The Morgan fingerprint density at radius 3 is 2.61 bits per heavy atom. The van der Waals surface area contributed by atoms with Crippen LogP contribution in [0.25, 0.3) is 0 Å². The summed E-state index contributed by atoms with van der Waals surface area (Å²) >= 11 is 0. The minimum absolute atomic E-state index is 0.341. The maximum Gasteiger partial charge on any atom is 0.243 e. The summed E-state index contributed by atoms with van der Waals surface area (Å²) in [7, 11) is 0.293. The largest absolute Gasteiger partial charge is 0.381 e. The van der Waals surface area contributed by atoms with E-state index >= 15 is 0 Å². The molecule has 2 fully saturated rings. The van der Waals surface area contributed by atoms with E-state index in [2.05, 4.69) is 0 Å². The average Bonchev–Trinajstić information content (AvgIpc) is 2.55. The first-order valence-corrected chi connectivity index (χ1v) is 9.36. The molecule has 3 rings (SSSR count). The summed E-state index contributed by atoms with van der Waals surface area (Å²) in [6.07, 6.45) is 1.49. The standard InChI is InChI=1S/C16H24N2O4S/c1-17(2)14-4-3-5-15(12-14)23(19,20)18-8-11-22-16(13-18)6-9-21-10-7-16/h3-5,12H,6-11,13H2,1-2H3. The van der Waals surface area contributed by atoms with Crippen molar-refractivity contribution in [3.63, 3.8) is 0 Å². The zero-order valence-electron chi connectivity index (χ0n) is 13.7. The number of hydrogen-bond donors (Lipinski definition) is 0. The fourth-order valence-electron chi connectivity index (χ4n) is 3.13. The quantitative estimate of drug-likeness (QED) is 0.831. The predicted molar refractivity (Wildman–Crippen MR) is 88.3 cm³/mol. The maximum absolute atomic E-state index is 13.0. The lowest BCUT2D eigenvalue weighted by molar-refractivity contribution is -0.139. The molecule has 0 N–H and O–H groups in total. The van der Waals surface area contributed by atoms with Gasteiger partial charge in [0.2, 0.25) is 10.0 Å². The predicted octanol–water partition coefficient (Wildman–Crippen LogP) is 1.32. The van der Waals surface area contributed by atoms with Gasteiger partial charge in [-0.15, -0.1) is 0 Å². The van der Waals surface area contributed by atoms with Crippen LogP contribution in [0, 0.1) is 0 Å². The zero-order valence-corrected chi connectivity index (χ0v) is 14.5. The van der Waals surface area contributed by atoms with Crippen molar-refractivity contribution in [1.82, 2.24) is 4.31 Å². The Bertz CT molecular complexity index is 648. The minimum Gasteiger partial charge on any atom is -0.381 e. The third kappa shape index (κ3) is 3.38. The second kappa shape index (κ2) is 6.39. The van der Waals surface area contributed by atoms with Gasteiger partial charge in [0, 0.05) is 58.9 Å². The van der Waals surface area contributed by atoms with Gasteiger partial charge in [0.1, 0.15) is 0 Å². The molecule has 23 heavy (non-hydrogen) atoms. The fraction of sp³-hybridized carbons (Fsp3) is 0.625. The molecule has 0 aliphatic carbocycles. The zero-order chi connectivity index (χ0) is 16.5. The summed E-state index contributed by atoms with van der Waals surface area (Å²) in [6, 6.07) is 7.07. The number of benzene rings is 1. The molecule has 0 bridgehead atoms. The molecule has 2 aliphatic heterocycles. The molecule has 128 valence electrons. The molecule has 2 heterocycles. The molecular formula is C16H24N2O4S. The van der Waals surface area contributed by atoms with Crippen LogP contribution in [0.2, 0.25) is 0 Å². The first-order valence-electron chi connectivity index (χ1n) is 7.92. The first kappa shape index (κ1) is 16.7. The average molecular weight is 340 g/mol. The molecule has 2 saturated heterocycles. The van der Waals surface area contributed by atoms with Crippen LogP contribution in [0.15, 0.2) is 29.2 Å². The van der Waals surface area contributed by atoms with E-state index in [-0.39, 0.29) is 5.60 Å². The Labute approximate surface area is 138 Å². The summed E-state index contributed by atoms with van der Waals surface area (Å²) < 4.78 is 38.9. The second-order valence-corrected chi connectivity index (χ2v) is 8.31. The van der Waals surface area contributed by atoms with Crippen LogP contribution in [0.1, 0.15) is 12.8 Å². The van der Waals surface area contributed by atoms with Crippen molar-refractivity contribution >= 4 is 15.7 Å². The molecule has 1 spiro atoms. The summed E-state index contributed by atoms with van der Waals surface area (Å²) in [5.74, 6) is 0. The molecule has 6 nitrogen and oxygen atoms in total. The van der Waals surface area contributed by atoms with Gasteiger partial charge in [0.05, 0.1) is 17.1 Å². The summed E-state index contributed by atoms with van der Waals surface area (Å²) in [5.41, 5.74) is 0.489. The van der Waals surface area contributed by atoms with Crippen LogP contribution in [-0.2, 0) is 19.5 Å². The van der Waals surface area contributed by atoms with Gasteiger partial charge in [-0.1, -0.05) is 6.07 Å². The highest BCUT2D eigenvalue weighted by Crippen LogP contribution is 2.32. The van der Waals surface area contributed by atoms with E-state index in [0.29, 0.717) is 37.8 Å². The molecule has 7 heteroatoms. The van der Waals surface area contributed by atoms with E-state index in [9.17, 15) is 8.42 Å².